The third-order valence-corrected chi connectivity index (χ3v) is 2.33. The van der Waals surface area contributed by atoms with E-state index in [-0.39, 0.29) is 12.7 Å². The van der Waals surface area contributed by atoms with E-state index in [9.17, 15) is 13.2 Å². The molecule has 0 fully saturated rings. The summed E-state index contributed by atoms with van der Waals surface area (Å²) in [5, 5.41) is 0. The minimum atomic E-state index is -4.32. The maximum Gasteiger partial charge on any atom is 0.416 e. The quantitative estimate of drug-likeness (QED) is 0.887. The van der Waals surface area contributed by atoms with Crippen LogP contribution in [0.2, 0.25) is 0 Å². The van der Waals surface area contributed by atoms with Crippen LogP contribution in [0.4, 0.5) is 13.2 Å². The van der Waals surface area contributed by atoms with Gasteiger partial charge in [-0.15, -0.1) is 0 Å². The Labute approximate surface area is 98.6 Å². The molecule has 0 aliphatic rings. The van der Waals surface area contributed by atoms with Gasteiger partial charge in [-0.05, 0) is 31.5 Å². The number of alkyl halides is 3. The van der Waals surface area contributed by atoms with Crippen LogP contribution in [-0.4, -0.2) is 12.6 Å². The number of benzene rings is 1. The number of rotatable bonds is 4. The lowest BCUT2D eigenvalue weighted by molar-refractivity contribution is -0.137. The van der Waals surface area contributed by atoms with Crippen LogP contribution in [0.1, 0.15) is 23.6 Å². The second kappa shape index (κ2) is 5.51. The molecular weight excluding hydrogens is 231 g/mol. The van der Waals surface area contributed by atoms with E-state index >= 15 is 0 Å². The average Bonchev–Trinajstić information content (AvgIpc) is 2.24. The van der Waals surface area contributed by atoms with E-state index < -0.39 is 11.7 Å². The van der Waals surface area contributed by atoms with E-state index in [0.29, 0.717) is 17.7 Å². The highest BCUT2D eigenvalue weighted by molar-refractivity contribution is 5.30. The van der Waals surface area contributed by atoms with Gasteiger partial charge in [-0.2, -0.15) is 13.2 Å². The molecule has 1 atom stereocenters. The Hall–Kier alpha value is -1.07. The lowest BCUT2D eigenvalue weighted by atomic mass is 10.1. The predicted octanol–water partition coefficient (Wildman–Crippen LogP) is 2.88. The fraction of sp³-hybridized carbons (Fsp3) is 0.500. The van der Waals surface area contributed by atoms with E-state index in [1.807, 2.05) is 0 Å². The normalized spacial score (nSPS) is 13.8. The Morgan fingerprint density at radius 3 is 2.47 bits per heavy atom. The first-order chi connectivity index (χ1) is 7.82. The molecule has 0 bridgehead atoms. The third-order valence-electron chi connectivity index (χ3n) is 2.33. The van der Waals surface area contributed by atoms with Gasteiger partial charge in [-0.3, -0.25) is 0 Å². The Balaban J connectivity index is 2.83. The zero-order chi connectivity index (χ0) is 13.1. The summed E-state index contributed by atoms with van der Waals surface area (Å²) >= 11 is 0. The van der Waals surface area contributed by atoms with Gasteiger partial charge in [-0.25, -0.2) is 0 Å². The molecule has 0 aromatic heterocycles. The van der Waals surface area contributed by atoms with Crippen molar-refractivity contribution in [1.82, 2.24) is 0 Å². The second-order valence-corrected chi connectivity index (χ2v) is 4.06. The van der Waals surface area contributed by atoms with Gasteiger partial charge in [0.1, 0.15) is 0 Å². The van der Waals surface area contributed by atoms with Crippen LogP contribution in [-0.2, 0) is 17.5 Å². The molecule has 1 aromatic rings. The second-order valence-electron chi connectivity index (χ2n) is 4.06. The molecule has 0 amide bonds. The zero-order valence-electron chi connectivity index (χ0n) is 9.84. The van der Waals surface area contributed by atoms with Crippen molar-refractivity contribution >= 4 is 0 Å². The number of halogens is 3. The summed E-state index contributed by atoms with van der Waals surface area (Å²) in [6.45, 7) is 3.90. The van der Waals surface area contributed by atoms with Crippen LogP contribution in [0.3, 0.4) is 0 Å². The average molecular weight is 247 g/mol. The molecule has 1 rings (SSSR count). The molecule has 17 heavy (non-hydrogen) atoms. The minimum Gasteiger partial charge on any atom is -0.373 e. The van der Waals surface area contributed by atoms with Gasteiger partial charge < -0.3 is 10.5 Å². The van der Waals surface area contributed by atoms with Gasteiger partial charge in [0.15, 0.2) is 0 Å². The van der Waals surface area contributed by atoms with Gasteiger partial charge in [0.25, 0.3) is 0 Å². The van der Waals surface area contributed by atoms with Crippen molar-refractivity contribution < 1.29 is 17.9 Å². The molecule has 0 saturated carbocycles. The Bertz CT molecular complexity index is 377. The molecule has 0 aliphatic heterocycles. The van der Waals surface area contributed by atoms with Gasteiger partial charge in [0.05, 0.1) is 18.3 Å². The third kappa shape index (κ3) is 4.36. The van der Waals surface area contributed by atoms with Gasteiger partial charge in [-0.1, -0.05) is 11.6 Å². The smallest absolute Gasteiger partial charge is 0.373 e. The van der Waals surface area contributed by atoms with Crippen molar-refractivity contribution in [2.75, 3.05) is 6.54 Å². The number of hydrogen-bond acceptors (Lipinski definition) is 2. The fourth-order valence-corrected chi connectivity index (χ4v) is 1.42. The van der Waals surface area contributed by atoms with Crippen molar-refractivity contribution in [2.45, 2.75) is 32.7 Å². The standard InChI is InChI=1S/C12H16F3NO/c1-8-3-10(7-17-9(2)6-16)5-11(4-8)12(13,14)15/h3-5,9H,6-7,16H2,1-2H3/t9-/m0/s1. The number of aryl methyl sites for hydroxylation is 1. The molecular formula is C12H16F3NO. The van der Waals surface area contributed by atoms with Crippen LogP contribution in [0.25, 0.3) is 0 Å². The van der Waals surface area contributed by atoms with Gasteiger partial charge in [0, 0.05) is 6.54 Å². The summed E-state index contributed by atoms with van der Waals surface area (Å²) in [5.74, 6) is 0. The van der Waals surface area contributed by atoms with Gasteiger partial charge in [0.2, 0.25) is 0 Å². The summed E-state index contributed by atoms with van der Waals surface area (Å²) in [5.41, 5.74) is 5.80. The number of hydrogen-bond donors (Lipinski definition) is 1. The number of ether oxygens (including phenoxy) is 1. The number of nitrogens with two attached hydrogens (primary N) is 1. The largest absolute Gasteiger partial charge is 0.416 e. The molecule has 96 valence electrons. The van der Waals surface area contributed by atoms with Crippen molar-refractivity contribution in [3.63, 3.8) is 0 Å². The van der Waals surface area contributed by atoms with Crippen molar-refractivity contribution in [1.29, 1.82) is 0 Å². The highest BCUT2D eigenvalue weighted by Gasteiger charge is 2.30. The molecule has 2 nitrogen and oxygen atoms in total. The fourth-order valence-electron chi connectivity index (χ4n) is 1.42. The maximum atomic E-state index is 12.6. The summed E-state index contributed by atoms with van der Waals surface area (Å²) < 4.78 is 43.0. The molecule has 1 aromatic carbocycles. The van der Waals surface area contributed by atoms with E-state index in [1.54, 1.807) is 19.9 Å². The van der Waals surface area contributed by atoms with E-state index in [0.717, 1.165) is 12.1 Å². The van der Waals surface area contributed by atoms with E-state index in [2.05, 4.69) is 0 Å². The topological polar surface area (TPSA) is 35.2 Å². The van der Waals surface area contributed by atoms with Crippen LogP contribution in [0.5, 0.6) is 0 Å². The molecule has 0 unspecified atom stereocenters. The maximum absolute atomic E-state index is 12.6. The van der Waals surface area contributed by atoms with Crippen molar-refractivity contribution in [2.24, 2.45) is 5.73 Å². The molecule has 0 spiro atoms. The minimum absolute atomic E-state index is 0.142. The molecule has 0 radical (unpaired) electrons. The van der Waals surface area contributed by atoms with Crippen molar-refractivity contribution in [3.05, 3.63) is 34.9 Å². The molecule has 2 N–H and O–H groups in total. The summed E-state index contributed by atoms with van der Waals surface area (Å²) in [4.78, 5) is 0. The van der Waals surface area contributed by atoms with E-state index in [4.69, 9.17) is 10.5 Å². The molecule has 0 heterocycles. The first-order valence-electron chi connectivity index (χ1n) is 5.32. The van der Waals surface area contributed by atoms with Gasteiger partial charge >= 0.3 is 6.18 Å². The van der Waals surface area contributed by atoms with E-state index in [1.165, 1.54) is 0 Å². The summed E-state index contributed by atoms with van der Waals surface area (Å²) in [7, 11) is 0. The molecule has 0 aliphatic carbocycles. The van der Waals surface area contributed by atoms with Crippen molar-refractivity contribution in [3.8, 4) is 0 Å². The van der Waals surface area contributed by atoms with Crippen LogP contribution < -0.4 is 5.73 Å². The highest BCUT2D eigenvalue weighted by atomic mass is 19.4. The summed E-state index contributed by atoms with van der Waals surface area (Å²) in [6, 6.07) is 3.91. The molecule has 5 heteroatoms. The lowest BCUT2D eigenvalue weighted by Gasteiger charge is -2.13. The van der Waals surface area contributed by atoms with Crippen LogP contribution in [0, 0.1) is 6.92 Å². The first kappa shape index (κ1) is 14.0. The SMILES string of the molecule is Cc1cc(CO[C@@H](C)CN)cc(C(F)(F)F)c1. The van der Waals surface area contributed by atoms with Crippen LogP contribution in [0.15, 0.2) is 18.2 Å². The Morgan fingerprint density at radius 2 is 1.94 bits per heavy atom. The highest BCUT2D eigenvalue weighted by Crippen LogP contribution is 2.30. The lowest BCUT2D eigenvalue weighted by Crippen LogP contribution is -2.19. The van der Waals surface area contributed by atoms with Crippen LogP contribution >= 0.6 is 0 Å². The predicted molar refractivity (Wildman–Crippen MR) is 59.5 cm³/mol. The Morgan fingerprint density at radius 1 is 1.29 bits per heavy atom. The monoisotopic (exact) mass is 247 g/mol. The molecule has 0 saturated heterocycles. The Kier molecular flexibility index (Phi) is 4.54. The first-order valence-corrected chi connectivity index (χ1v) is 5.32. The summed E-state index contributed by atoms with van der Waals surface area (Å²) in [6.07, 6.45) is -4.48. The zero-order valence-corrected chi connectivity index (χ0v) is 9.84.